The van der Waals surface area contributed by atoms with E-state index in [-0.39, 0.29) is 23.8 Å². The summed E-state index contributed by atoms with van der Waals surface area (Å²) in [5, 5.41) is 0. The first-order chi connectivity index (χ1) is 10.6. The molecule has 0 saturated heterocycles. The van der Waals surface area contributed by atoms with Crippen molar-refractivity contribution in [3.63, 3.8) is 0 Å². The Bertz CT molecular complexity index is 670. The first kappa shape index (κ1) is 14.4. The summed E-state index contributed by atoms with van der Waals surface area (Å²) in [7, 11) is 0. The fourth-order valence-corrected chi connectivity index (χ4v) is 3.00. The number of aromatic nitrogens is 1. The number of carbonyl (C=O) groups excluding carboxylic acids is 2. The van der Waals surface area contributed by atoms with Crippen molar-refractivity contribution in [2.24, 2.45) is 5.73 Å². The minimum atomic E-state index is -0.551. The van der Waals surface area contributed by atoms with Crippen molar-refractivity contribution in [2.75, 3.05) is 6.61 Å². The number of rotatable bonds is 3. The minimum absolute atomic E-state index is 0.00449. The highest BCUT2D eigenvalue weighted by Gasteiger charge is 2.41. The van der Waals surface area contributed by atoms with Gasteiger partial charge in [0.25, 0.3) is 0 Å². The van der Waals surface area contributed by atoms with Gasteiger partial charge in [0, 0.05) is 30.3 Å². The Morgan fingerprint density at radius 2 is 2.32 bits per heavy atom. The van der Waals surface area contributed by atoms with Gasteiger partial charge >= 0.3 is 5.97 Å². The van der Waals surface area contributed by atoms with Gasteiger partial charge in [0.15, 0.2) is 5.78 Å². The van der Waals surface area contributed by atoms with Gasteiger partial charge in [-0.3, -0.25) is 4.79 Å². The van der Waals surface area contributed by atoms with E-state index in [0.29, 0.717) is 24.2 Å². The van der Waals surface area contributed by atoms with Gasteiger partial charge in [-0.05, 0) is 25.5 Å². The molecule has 0 spiro atoms. The first-order valence-electron chi connectivity index (χ1n) is 7.37. The maximum absolute atomic E-state index is 12.4. The Balaban J connectivity index is 2.12. The number of nitrogens with one attached hydrogen (secondary N) is 1. The zero-order valence-corrected chi connectivity index (χ0v) is 12.3. The van der Waals surface area contributed by atoms with Crippen molar-refractivity contribution in [3.8, 4) is 0 Å². The summed E-state index contributed by atoms with van der Waals surface area (Å²) in [6, 6.07) is 3.65. The highest BCUT2D eigenvalue weighted by molar-refractivity contribution is 6.03. The normalized spacial score (nSPS) is 21.5. The third-order valence-electron chi connectivity index (χ3n) is 3.91. The topological polar surface area (TPSA) is 94.4 Å². The van der Waals surface area contributed by atoms with Crippen molar-refractivity contribution in [3.05, 3.63) is 46.8 Å². The van der Waals surface area contributed by atoms with E-state index < -0.39 is 11.9 Å². The van der Waals surface area contributed by atoms with Crippen LogP contribution >= 0.6 is 0 Å². The largest absolute Gasteiger partial charge is 0.462 e. The van der Waals surface area contributed by atoms with Crippen LogP contribution in [0.1, 0.15) is 37.8 Å². The number of esters is 1. The highest BCUT2D eigenvalue weighted by atomic mass is 16.5. The van der Waals surface area contributed by atoms with Crippen LogP contribution in [0.15, 0.2) is 41.1 Å². The van der Waals surface area contributed by atoms with Gasteiger partial charge in [0.05, 0.1) is 12.5 Å². The number of H-pyrrole nitrogens is 1. The molecule has 0 fully saturated rings. The van der Waals surface area contributed by atoms with Crippen LogP contribution < -0.4 is 5.73 Å². The lowest BCUT2D eigenvalue weighted by molar-refractivity contribution is -0.139. The van der Waals surface area contributed by atoms with Crippen LogP contribution in [0.3, 0.4) is 0 Å². The van der Waals surface area contributed by atoms with Gasteiger partial charge in [-0.15, -0.1) is 0 Å². The molecule has 1 atom stereocenters. The van der Waals surface area contributed by atoms with Crippen LogP contribution in [0.4, 0.5) is 0 Å². The molecule has 2 aliphatic rings. The fourth-order valence-electron chi connectivity index (χ4n) is 3.00. The van der Waals surface area contributed by atoms with Crippen LogP contribution in [0, 0.1) is 0 Å². The number of hydrogen-bond acceptors (Lipinski definition) is 5. The predicted molar refractivity (Wildman–Crippen MR) is 78.3 cm³/mol. The van der Waals surface area contributed by atoms with Gasteiger partial charge in [-0.25, -0.2) is 4.79 Å². The van der Waals surface area contributed by atoms with Crippen LogP contribution in [0.25, 0.3) is 0 Å². The quantitative estimate of drug-likeness (QED) is 0.831. The monoisotopic (exact) mass is 302 g/mol. The molecular weight excluding hydrogens is 284 g/mol. The van der Waals surface area contributed by atoms with Crippen LogP contribution in [0.5, 0.6) is 0 Å². The molecule has 1 aromatic rings. The third kappa shape index (κ3) is 2.30. The van der Waals surface area contributed by atoms with Gasteiger partial charge in [-0.1, -0.05) is 0 Å². The number of nitrogens with two attached hydrogens (primary N) is 1. The van der Waals surface area contributed by atoms with E-state index in [1.54, 1.807) is 13.1 Å². The molecule has 6 nitrogen and oxygen atoms in total. The maximum Gasteiger partial charge on any atom is 0.340 e. The number of aromatic amines is 1. The molecule has 0 unspecified atom stereocenters. The molecule has 0 radical (unpaired) electrons. The molecule has 6 heteroatoms. The lowest BCUT2D eigenvalue weighted by Gasteiger charge is -2.31. The Morgan fingerprint density at radius 1 is 1.50 bits per heavy atom. The number of Topliss-reactive ketones (excluding diaryl/α,β-unsaturated/α-hetero) is 1. The number of ketones is 1. The predicted octanol–water partition coefficient (Wildman–Crippen LogP) is 1.87. The summed E-state index contributed by atoms with van der Waals surface area (Å²) in [4.78, 5) is 27.8. The molecular formula is C16H18N2O4. The summed E-state index contributed by atoms with van der Waals surface area (Å²) in [5.41, 5.74) is 7.40. The van der Waals surface area contributed by atoms with Crippen molar-refractivity contribution < 1.29 is 19.1 Å². The lowest BCUT2D eigenvalue weighted by Crippen LogP contribution is -2.31. The number of allylic oxidation sites excluding steroid dienone is 2. The summed E-state index contributed by atoms with van der Waals surface area (Å²) in [6.45, 7) is 1.95. The van der Waals surface area contributed by atoms with Gasteiger partial charge in [-0.2, -0.15) is 0 Å². The zero-order chi connectivity index (χ0) is 15.7. The van der Waals surface area contributed by atoms with Gasteiger partial charge < -0.3 is 20.2 Å². The van der Waals surface area contributed by atoms with Crippen molar-refractivity contribution >= 4 is 11.8 Å². The summed E-state index contributed by atoms with van der Waals surface area (Å²) in [6.07, 6.45) is 3.58. The van der Waals surface area contributed by atoms with E-state index in [9.17, 15) is 9.59 Å². The van der Waals surface area contributed by atoms with Gasteiger partial charge in [0.2, 0.25) is 5.88 Å². The van der Waals surface area contributed by atoms with Crippen LogP contribution in [-0.4, -0.2) is 23.3 Å². The summed E-state index contributed by atoms with van der Waals surface area (Å²) >= 11 is 0. The Kier molecular flexibility index (Phi) is 3.75. The second kappa shape index (κ2) is 5.71. The van der Waals surface area contributed by atoms with E-state index in [2.05, 4.69) is 4.98 Å². The first-order valence-corrected chi connectivity index (χ1v) is 7.37. The smallest absolute Gasteiger partial charge is 0.340 e. The molecule has 0 bridgehead atoms. The molecule has 1 aliphatic carbocycles. The van der Waals surface area contributed by atoms with E-state index in [0.717, 1.165) is 12.1 Å². The van der Waals surface area contributed by atoms with Crippen molar-refractivity contribution in [1.29, 1.82) is 0 Å². The SMILES string of the molecule is CCOC(=O)C1=C(N)OC2=C(C(=O)CCC2)[C@@H]1c1ccc[nH]1. The standard InChI is InChI=1S/C16H18N2O4/c1-2-21-16(20)14-12(9-5-4-8-18-9)13-10(19)6-3-7-11(13)22-15(14)17/h4-5,8,12,18H,2-3,6-7,17H2,1H3/t12-/m0/s1. The average molecular weight is 302 g/mol. The molecule has 0 aromatic carbocycles. The van der Waals surface area contributed by atoms with E-state index in [4.69, 9.17) is 15.2 Å². The molecule has 116 valence electrons. The van der Waals surface area contributed by atoms with Crippen LogP contribution in [-0.2, 0) is 19.1 Å². The maximum atomic E-state index is 12.4. The van der Waals surface area contributed by atoms with Crippen molar-refractivity contribution in [1.82, 2.24) is 4.98 Å². The Morgan fingerprint density at radius 3 is 3.00 bits per heavy atom. The molecule has 1 aromatic heterocycles. The van der Waals surface area contributed by atoms with Crippen LogP contribution in [0.2, 0.25) is 0 Å². The Labute approximate surface area is 128 Å². The summed E-state index contributed by atoms with van der Waals surface area (Å²) < 4.78 is 10.7. The van der Waals surface area contributed by atoms with Crippen molar-refractivity contribution in [2.45, 2.75) is 32.1 Å². The lowest BCUT2D eigenvalue weighted by atomic mass is 9.79. The van der Waals surface area contributed by atoms with E-state index in [1.165, 1.54) is 0 Å². The molecule has 1 aliphatic heterocycles. The number of ether oxygens (including phenoxy) is 2. The summed E-state index contributed by atoms with van der Waals surface area (Å²) in [5.74, 6) is -0.516. The molecule has 2 heterocycles. The zero-order valence-electron chi connectivity index (χ0n) is 12.3. The molecule has 0 saturated carbocycles. The van der Waals surface area contributed by atoms with E-state index >= 15 is 0 Å². The van der Waals surface area contributed by atoms with E-state index in [1.807, 2.05) is 12.1 Å². The second-order valence-corrected chi connectivity index (χ2v) is 5.27. The fraction of sp³-hybridized carbons (Fsp3) is 0.375. The average Bonchev–Trinajstić information content (AvgIpc) is 3.00. The number of carbonyl (C=O) groups is 2. The third-order valence-corrected chi connectivity index (χ3v) is 3.91. The molecule has 3 rings (SSSR count). The molecule has 0 amide bonds. The minimum Gasteiger partial charge on any atom is -0.462 e. The molecule has 3 N–H and O–H groups in total. The second-order valence-electron chi connectivity index (χ2n) is 5.27. The van der Waals surface area contributed by atoms with Gasteiger partial charge in [0.1, 0.15) is 11.3 Å². The number of hydrogen-bond donors (Lipinski definition) is 2. The molecule has 22 heavy (non-hydrogen) atoms. The highest BCUT2D eigenvalue weighted by Crippen LogP contribution is 2.43. The Hall–Kier alpha value is -2.50.